The number of nitrogens with zero attached hydrogens (tertiary/aromatic N) is 8. The number of hydrogen-bond acceptors (Lipinski definition) is 14. The van der Waals surface area contributed by atoms with E-state index in [2.05, 4.69) is 30.7 Å². The van der Waals surface area contributed by atoms with Crippen molar-refractivity contribution in [3.8, 4) is 34.6 Å². The van der Waals surface area contributed by atoms with Crippen LogP contribution >= 0.6 is 23.2 Å². The van der Waals surface area contributed by atoms with Gasteiger partial charge in [-0.3, -0.25) is 0 Å². The van der Waals surface area contributed by atoms with Crippen molar-refractivity contribution in [2.75, 3.05) is 0 Å². The van der Waals surface area contributed by atoms with Gasteiger partial charge in [0.2, 0.25) is 20.0 Å². The fourth-order valence-corrected chi connectivity index (χ4v) is 5.94. The van der Waals surface area contributed by atoms with E-state index in [-0.39, 0.29) is 90.8 Å². The molecule has 0 aliphatic rings. The van der Waals surface area contributed by atoms with Crippen molar-refractivity contribution >= 4 is 66.0 Å². The first-order valence-electron chi connectivity index (χ1n) is 14.9. The van der Waals surface area contributed by atoms with Gasteiger partial charge in [0.1, 0.15) is 11.4 Å². The van der Waals surface area contributed by atoms with Crippen molar-refractivity contribution in [3.05, 3.63) is 106 Å². The van der Waals surface area contributed by atoms with Gasteiger partial charge in [0.25, 0.3) is 0 Å². The summed E-state index contributed by atoms with van der Waals surface area (Å²) in [5.74, 6) is -2.26. The molecule has 0 atom stereocenters. The van der Waals surface area contributed by atoms with Crippen molar-refractivity contribution in [3.63, 3.8) is 0 Å². The zero-order chi connectivity index (χ0) is 39.5. The molecule has 6 rings (SSSR count). The minimum Gasteiger partial charge on any atom is -0.871 e. The molecule has 1 radical (unpaired) electrons. The number of nitrogens with two attached hydrogens (primary N) is 2. The van der Waals surface area contributed by atoms with Crippen LogP contribution in [0.25, 0.3) is 11.4 Å². The summed E-state index contributed by atoms with van der Waals surface area (Å²) in [6.45, 7) is 3.10. The molecule has 0 saturated heterocycles. The fourth-order valence-electron chi connectivity index (χ4n) is 4.50. The van der Waals surface area contributed by atoms with Gasteiger partial charge < -0.3 is 20.4 Å². The molecule has 24 heteroatoms. The van der Waals surface area contributed by atoms with E-state index in [9.17, 15) is 37.3 Å². The Kier molecular flexibility index (Phi) is 15.4. The van der Waals surface area contributed by atoms with E-state index < -0.39 is 43.3 Å². The van der Waals surface area contributed by atoms with Gasteiger partial charge in [0.15, 0.2) is 0 Å². The Bertz CT molecular complexity index is 2510. The van der Waals surface area contributed by atoms with Crippen molar-refractivity contribution < 1.29 is 84.2 Å². The molecule has 0 bridgehead atoms. The molecule has 283 valence electrons. The zero-order valence-corrected chi connectivity index (χ0v) is 35.5. The molecule has 2 aromatic heterocycles. The number of benzene rings is 4. The largest absolute Gasteiger partial charge is 3.00 e. The summed E-state index contributed by atoms with van der Waals surface area (Å²) in [5.41, 5.74) is 0.727. The average Bonchev–Trinajstić information content (AvgIpc) is 3.55. The molecular weight excluding hydrogens is 862 g/mol. The van der Waals surface area contributed by atoms with Crippen molar-refractivity contribution in [1.82, 2.24) is 19.6 Å². The van der Waals surface area contributed by atoms with Crippen LogP contribution in [0.15, 0.2) is 115 Å². The third kappa shape index (κ3) is 10.9. The Morgan fingerprint density at radius 3 is 1.27 bits per heavy atom. The molecule has 4 N–H and O–H groups in total. The molecule has 0 aliphatic carbocycles. The van der Waals surface area contributed by atoms with Crippen LogP contribution in [-0.2, 0) is 37.4 Å². The second-order valence-electron chi connectivity index (χ2n) is 11.0. The monoisotopic (exact) mass is 885 g/mol. The molecule has 0 unspecified atom stereocenters. The van der Waals surface area contributed by atoms with Gasteiger partial charge in [-0.2, -0.15) is 20.4 Å². The Morgan fingerprint density at radius 1 is 0.589 bits per heavy atom. The minimum atomic E-state index is -4.01. The summed E-state index contributed by atoms with van der Waals surface area (Å²) in [6, 6.07) is 19.2. The van der Waals surface area contributed by atoms with Crippen LogP contribution in [0.3, 0.4) is 0 Å². The van der Waals surface area contributed by atoms with Crippen LogP contribution in [0.5, 0.6) is 23.3 Å². The number of azo groups is 2. The maximum Gasteiger partial charge on any atom is 3.00 e. The summed E-state index contributed by atoms with van der Waals surface area (Å²) < 4.78 is 47.8. The Morgan fingerprint density at radius 2 is 0.946 bits per heavy atom. The normalized spacial score (nSPS) is 11.5. The molecule has 6 aromatic rings. The summed E-state index contributed by atoms with van der Waals surface area (Å²) in [7, 11) is -8.02. The first kappa shape index (κ1) is 46.0. The van der Waals surface area contributed by atoms with Crippen molar-refractivity contribution in [2.45, 2.75) is 23.6 Å². The molecule has 56 heavy (non-hydrogen) atoms. The number of sulfonamides is 2. The average molecular weight is 887 g/mol. The summed E-state index contributed by atoms with van der Waals surface area (Å²) in [6.07, 6.45) is 0. The molecule has 0 fully saturated rings. The van der Waals surface area contributed by atoms with E-state index in [1.807, 2.05) is 0 Å². The third-order valence-electron chi connectivity index (χ3n) is 7.11. The van der Waals surface area contributed by atoms with E-state index in [0.717, 1.165) is 45.8 Å². The molecule has 2 heterocycles. The second kappa shape index (κ2) is 18.7. The predicted octanol–water partition coefficient (Wildman–Crippen LogP) is 1.09. The van der Waals surface area contributed by atoms with Gasteiger partial charge in [0, 0.05) is 21.8 Å². The number of aromatic nitrogens is 4. The van der Waals surface area contributed by atoms with Crippen LogP contribution in [0.4, 0.5) is 22.7 Å². The third-order valence-corrected chi connectivity index (χ3v) is 9.41. The van der Waals surface area contributed by atoms with E-state index in [4.69, 9.17) is 33.5 Å². The minimum absolute atomic E-state index is 0. The molecule has 18 nitrogen and oxygen atoms in total. The maximum absolute atomic E-state index is 12.5. The summed E-state index contributed by atoms with van der Waals surface area (Å²) in [4.78, 5) is -0.575. The molecule has 0 aliphatic heterocycles. The van der Waals surface area contributed by atoms with Crippen LogP contribution in [0, 0.1) is 13.8 Å². The van der Waals surface area contributed by atoms with Gasteiger partial charge in [0.05, 0.1) is 43.9 Å². The quantitative estimate of drug-likeness (QED) is 0.162. The molecule has 0 saturated carbocycles. The van der Waals surface area contributed by atoms with E-state index in [1.165, 1.54) is 0 Å². The number of primary sulfonamides is 2. The smallest absolute Gasteiger partial charge is 0.871 e. The SMILES string of the molecule is Cc1nn(-c2cccc(Cl)c2)c([O-])c1N=Nc1cc(S(N)(=O)=O)ccc1[O-].Cc1nn(-c2cccc(Cl)c2)c([O-])c1N=Nc1cc(S(N)(=O)=O)ccc1[O-].[Cr+3].[Na+]. The summed E-state index contributed by atoms with van der Waals surface area (Å²) in [5, 5.41) is 82.9. The Labute approximate surface area is 362 Å². The fraction of sp³-hybridized carbons (Fsp3) is 0.0625. The number of halogens is 2. The van der Waals surface area contributed by atoms with Crippen LogP contribution in [0.2, 0.25) is 10.0 Å². The molecule has 4 aromatic carbocycles. The molecule has 0 spiro atoms. The number of aryl methyl sites for hydroxylation is 2. The van der Waals surface area contributed by atoms with Gasteiger partial charge in [-0.25, -0.2) is 36.5 Å². The van der Waals surface area contributed by atoms with Crippen LogP contribution < -0.4 is 60.3 Å². The standard InChI is InChI=1S/2C16H14ClN5O4S.Cr.Na/c2*1-9-15(16(24)22(21-9)11-4-2-3-10(17)7-11)20-19-13-8-12(27(18,25)26)5-6-14(13)23;;/h2*2-8,23-24H,1H3,(H2,18,25,26);;/q;;+3;+1/p-4. The topological polar surface area (TPSA) is 298 Å². The Balaban J connectivity index is 0.000000290. The van der Waals surface area contributed by atoms with Gasteiger partial charge >= 0.3 is 46.9 Å². The first-order chi connectivity index (χ1) is 25.3. The van der Waals surface area contributed by atoms with E-state index in [1.54, 1.807) is 62.4 Å². The van der Waals surface area contributed by atoms with Crippen LogP contribution in [0.1, 0.15) is 11.4 Å². The maximum atomic E-state index is 12.5. The molecule has 0 amide bonds. The van der Waals surface area contributed by atoms with Crippen molar-refractivity contribution in [1.29, 1.82) is 0 Å². The molecular formula is C32H24Cl2CrN10NaO8S2. The Hall–Kier alpha value is -4.37. The van der Waals surface area contributed by atoms with Crippen LogP contribution in [-0.4, -0.2) is 36.4 Å². The van der Waals surface area contributed by atoms with Gasteiger partial charge in [-0.05, 0) is 74.5 Å². The summed E-state index contributed by atoms with van der Waals surface area (Å²) >= 11 is 11.8. The predicted molar refractivity (Wildman–Crippen MR) is 188 cm³/mol. The first-order valence-corrected chi connectivity index (χ1v) is 18.7. The second-order valence-corrected chi connectivity index (χ2v) is 15.0. The zero-order valence-electron chi connectivity index (χ0n) is 29.1. The van der Waals surface area contributed by atoms with Gasteiger partial charge in [-0.1, -0.05) is 59.0 Å². The van der Waals surface area contributed by atoms with Gasteiger partial charge in [-0.15, -0.1) is 10.2 Å². The van der Waals surface area contributed by atoms with E-state index in [0.29, 0.717) is 21.4 Å². The number of hydrogen-bond donors (Lipinski definition) is 2. The number of rotatable bonds is 8. The van der Waals surface area contributed by atoms with E-state index >= 15 is 0 Å². The van der Waals surface area contributed by atoms with Crippen molar-refractivity contribution in [2.24, 2.45) is 30.7 Å².